The van der Waals surface area contributed by atoms with Gasteiger partial charge in [-0.15, -0.1) is 0 Å². The molecule has 0 bridgehead atoms. The highest BCUT2D eigenvalue weighted by Gasteiger charge is 2.53. The summed E-state index contributed by atoms with van der Waals surface area (Å²) in [7, 11) is 0. The molecule has 0 unspecified atom stereocenters. The second kappa shape index (κ2) is 8.12. The van der Waals surface area contributed by atoms with Gasteiger partial charge in [0.25, 0.3) is 5.91 Å². The van der Waals surface area contributed by atoms with Crippen LogP contribution in [0.2, 0.25) is 0 Å². The van der Waals surface area contributed by atoms with Crippen molar-refractivity contribution in [2.75, 3.05) is 24.6 Å². The van der Waals surface area contributed by atoms with Crippen LogP contribution in [0, 0.1) is 11.7 Å². The lowest BCUT2D eigenvalue weighted by molar-refractivity contribution is -0.0545. The third-order valence-electron chi connectivity index (χ3n) is 7.37. The fourth-order valence-corrected chi connectivity index (χ4v) is 5.88. The Bertz CT molecular complexity index is 927. The molecular formula is C25H29FN2O2. The number of halogens is 1. The van der Waals surface area contributed by atoms with Crippen molar-refractivity contribution in [1.29, 1.82) is 0 Å². The number of amides is 1. The van der Waals surface area contributed by atoms with E-state index in [2.05, 4.69) is 11.0 Å². The number of hydrogen-bond acceptors (Lipinski definition) is 3. The van der Waals surface area contributed by atoms with E-state index in [-0.39, 0.29) is 36.1 Å². The SMILES string of the molecule is O=C(c1ccccc1F)N1C[C@H]2[C@@H](c3ccccc31)[C@@H](CO)N2CC1CCCCC1. The Balaban J connectivity index is 1.46. The van der Waals surface area contributed by atoms with Crippen LogP contribution in [0.25, 0.3) is 0 Å². The molecule has 0 spiro atoms. The lowest BCUT2D eigenvalue weighted by Gasteiger charge is -2.60. The number of carbonyl (C=O) groups is 1. The zero-order valence-corrected chi connectivity index (χ0v) is 17.2. The number of hydrogen-bond donors (Lipinski definition) is 1. The molecule has 2 heterocycles. The molecule has 158 valence electrons. The Morgan fingerprint density at radius 2 is 1.77 bits per heavy atom. The summed E-state index contributed by atoms with van der Waals surface area (Å²) in [6.07, 6.45) is 6.40. The van der Waals surface area contributed by atoms with Gasteiger partial charge in [-0.25, -0.2) is 4.39 Å². The summed E-state index contributed by atoms with van der Waals surface area (Å²) < 4.78 is 14.4. The van der Waals surface area contributed by atoms with Gasteiger partial charge in [-0.2, -0.15) is 0 Å². The van der Waals surface area contributed by atoms with Crippen molar-refractivity contribution >= 4 is 11.6 Å². The van der Waals surface area contributed by atoms with Crippen LogP contribution in [0.3, 0.4) is 0 Å². The molecule has 5 heteroatoms. The highest BCUT2D eigenvalue weighted by molar-refractivity contribution is 6.07. The molecule has 2 aliphatic heterocycles. The van der Waals surface area contributed by atoms with Crippen molar-refractivity contribution in [3.63, 3.8) is 0 Å². The van der Waals surface area contributed by atoms with Gasteiger partial charge in [0, 0.05) is 36.8 Å². The minimum atomic E-state index is -0.483. The zero-order chi connectivity index (χ0) is 20.7. The van der Waals surface area contributed by atoms with Crippen LogP contribution >= 0.6 is 0 Å². The van der Waals surface area contributed by atoms with Crippen molar-refractivity contribution in [1.82, 2.24) is 4.90 Å². The first-order chi connectivity index (χ1) is 14.7. The lowest BCUT2D eigenvalue weighted by atomic mass is 9.71. The van der Waals surface area contributed by atoms with Crippen molar-refractivity contribution in [3.8, 4) is 0 Å². The maximum atomic E-state index is 14.4. The largest absolute Gasteiger partial charge is 0.395 e. The van der Waals surface area contributed by atoms with E-state index in [1.165, 1.54) is 38.2 Å². The molecule has 30 heavy (non-hydrogen) atoms. The monoisotopic (exact) mass is 408 g/mol. The molecular weight excluding hydrogens is 379 g/mol. The van der Waals surface area contributed by atoms with Crippen molar-refractivity contribution in [2.24, 2.45) is 5.92 Å². The quantitative estimate of drug-likeness (QED) is 0.825. The van der Waals surface area contributed by atoms with Gasteiger partial charge in [-0.3, -0.25) is 9.69 Å². The first-order valence-electron chi connectivity index (χ1n) is 11.2. The van der Waals surface area contributed by atoms with Crippen molar-refractivity contribution in [3.05, 3.63) is 65.5 Å². The Hall–Kier alpha value is -2.24. The first kappa shape index (κ1) is 19.7. The van der Waals surface area contributed by atoms with Crippen LogP contribution in [-0.4, -0.2) is 47.7 Å². The normalized spacial score (nSPS) is 26.6. The molecule has 1 saturated heterocycles. The van der Waals surface area contributed by atoms with Gasteiger partial charge in [0.1, 0.15) is 5.82 Å². The molecule has 2 aromatic rings. The average molecular weight is 409 g/mol. The number of likely N-dealkylation sites (tertiary alicyclic amines) is 1. The Kier molecular flexibility index (Phi) is 5.34. The predicted molar refractivity (Wildman–Crippen MR) is 115 cm³/mol. The molecule has 0 radical (unpaired) electrons. The standard InChI is InChI=1S/C25H29FN2O2/c26-20-12-6-4-10-18(20)25(30)28-15-22-24(19-11-5-7-13-21(19)28)23(16-29)27(22)14-17-8-2-1-3-9-17/h4-7,10-13,17,22-24,29H,1-3,8-9,14-16H2/t22-,23+,24+/m0/s1. The maximum absolute atomic E-state index is 14.4. The molecule has 3 aliphatic rings. The minimum absolute atomic E-state index is 0.101. The smallest absolute Gasteiger partial charge is 0.261 e. The van der Waals surface area contributed by atoms with Crippen molar-refractivity contribution < 1.29 is 14.3 Å². The predicted octanol–water partition coefficient (Wildman–Crippen LogP) is 4.20. The van der Waals surface area contributed by atoms with E-state index in [1.54, 1.807) is 23.1 Å². The number of benzene rings is 2. The second-order valence-electron chi connectivity index (χ2n) is 9.00. The number of anilines is 1. The third-order valence-corrected chi connectivity index (χ3v) is 7.37. The van der Waals surface area contributed by atoms with E-state index in [9.17, 15) is 14.3 Å². The van der Waals surface area contributed by atoms with Gasteiger partial charge in [0.05, 0.1) is 12.2 Å². The number of rotatable bonds is 4. The van der Waals surface area contributed by atoms with Crippen LogP contribution in [0.4, 0.5) is 10.1 Å². The number of aliphatic hydroxyl groups excluding tert-OH is 1. The number of fused-ring (bicyclic) bond motifs is 3. The number of para-hydroxylation sites is 1. The molecule has 1 N–H and O–H groups in total. The molecule has 3 atom stereocenters. The number of aliphatic hydroxyl groups is 1. The summed E-state index contributed by atoms with van der Waals surface area (Å²) in [6, 6.07) is 14.4. The summed E-state index contributed by atoms with van der Waals surface area (Å²) >= 11 is 0. The minimum Gasteiger partial charge on any atom is -0.395 e. The lowest BCUT2D eigenvalue weighted by Crippen LogP contribution is -2.70. The van der Waals surface area contributed by atoms with Gasteiger partial charge in [0.15, 0.2) is 0 Å². The second-order valence-corrected chi connectivity index (χ2v) is 9.00. The molecule has 4 nitrogen and oxygen atoms in total. The highest BCUT2D eigenvalue weighted by Crippen LogP contribution is 2.49. The van der Waals surface area contributed by atoms with Gasteiger partial charge >= 0.3 is 0 Å². The Morgan fingerprint density at radius 3 is 2.53 bits per heavy atom. The molecule has 2 fully saturated rings. The summed E-state index contributed by atoms with van der Waals surface area (Å²) in [5, 5.41) is 10.2. The molecule has 5 rings (SSSR count). The highest BCUT2D eigenvalue weighted by atomic mass is 19.1. The fourth-order valence-electron chi connectivity index (χ4n) is 5.88. The van der Waals surface area contributed by atoms with Gasteiger partial charge < -0.3 is 10.0 Å². The maximum Gasteiger partial charge on any atom is 0.261 e. The molecule has 1 saturated carbocycles. The van der Waals surface area contributed by atoms with Crippen LogP contribution in [0.15, 0.2) is 48.5 Å². The summed E-state index contributed by atoms with van der Waals surface area (Å²) in [5.41, 5.74) is 2.06. The van der Waals surface area contributed by atoms with Gasteiger partial charge in [-0.05, 0) is 42.5 Å². The van der Waals surface area contributed by atoms with E-state index in [0.717, 1.165) is 17.8 Å². The molecule has 1 aliphatic carbocycles. The fraction of sp³-hybridized carbons (Fsp3) is 0.480. The Labute approximate surface area is 177 Å². The summed E-state index contributed by atoms with van der Waals surface area (Å²) in [6.45, 7) is 1.65. The summed E-state index contributed by atoms with van der Waals surface area (Å²) in [4.78, 5) is 17.5. The first-order valence-corrected chi connectivity index (χ1v) is 11.2. The van der Waals surface area contributed by atoms with Crippen LogP contribution in [-0.2, 0) is 0 Å². The summed E-state index contributed by atoms with van der Waals surface area (Å²) in [5.74, 6) is 0.119. The average Bonchev–Trinajstić information content (AvgIpc) is 2.78. The number of carbonyl (C=O) groups excluding carboxylic acids is 1. The van der Waals surface area contributed by atoms with Crippen LogP contribution < -0.4 is 4.90 Å². The van der Waals surface area contributed by atoms with E-state index in [1.807, 2.05) is 18.2 Å². The van der Waals surface area contributed by atoms with E-state index in [0.29, 0.717) is 12.5 Å². The zero-order valence-electron chi connectivity index (χ0n) is 17.2. The molecule has 2 aromatic carbocycles. The van der Waals surface area contributed by atoms with Crippen LogP contribution in [0.5, 0.6) is 0 Å². The molecule has 1 amide bonds. The van der Waals surface area contributed by atoms with E-state index in [4.69, 9.17) is 0 Å². The van der Waals surface area contributed by atoms with E-state index >= 15 is 0 Å². The third kappa shape index (κ3) is 3.25. The van der Waals surface area contributed by atoms with E-state index < -0.39 is 5.82 Å². The van der Waals surface area contributed by atoms with Gasteiger partial charge in [-0.1, -0.05) is 49.6 Å². The number of nitrogens with zero attached hydrogens (tertiary/aromatic N) is 2. The van der Waals surface area contributed by atoms with Crippen molar-refractivity contribution in [2.45, 2.75) is 50.1 Å². The topological polar surface area (TPSA) is 43.8 Å². The Morgan fingerprint density at radius 1 is 1.03 bits per heavy atom. The molecule has 0 aromatic heterocycles. The van der Waals surface area contributed by atoms with Gasteiger partial charge in [0.2, 0.25) is 0 Å². The van der Waals surface area contributed by atoms with Crippen LogP contribution in [0.1, 0.15) is 53.9 Å².